The summed E-state index contributed by atoms with van der Waals surface area (Å²) in [5.74, 6) is -0.838. The van der Waals surface area contributed by atoms with Crippen LogP contribution in [-0.4, -0.2) is 33.1 Å². The van der Waals surface area contributed by atoms with Crippen molar-refractivity contribution in [2.24, 2.45) is 0 Å². The van der Waals surface area contributed by atoms with E-state index >= 15 is 0 Å². The molecule has 0 saturated heterocycles. The summed E-state index contributed by atoms with van der Waals surface area (Å²) >= 11 is 5.91. The molecule has 152 valence electrons. The summed E-state index contributed by atoms with van der Waals surface area (Å²) in [5.41, 5.74) is 5.91. The molecule has 0 aliphatic rings. The molecule has 0 radical (unpaired) electrons. The second kappa shape index (κ2) is 8.61. The van der Waals surface area contributed by atoms with Crippen LogP contribution in [0.15, 0.2) is 24.3 Å². The van der Waals surface area contributed by atoms with E-state index in [4.69, 9.17) is 16.3 Å². The van der Waals surface area contributed by atoms with E-state index in [2.05, 4.69) is 15.4 Å². The van der Waals surface area contributed by atoms with Crippen LogP contribution < -0.4 is 5.32 Å². The highest BCUT2D eigenvalue weighted by Crippen LogP contribution is 2.20. The van der Waals surface area contributed by atoms with Gasteiger partial charge in [-0.15, -0.1) is 0 Å². The Morgan fingerprint density at radius 1 is 1.17 bits per heavy atom. The normalized spacial score (nSPS) is 10.9. The number of hydrogen-bond acceptors (Lipinski definition) is 5. The molecule has 7 nitrogen and oxygen atoms in total. The van der Waals surface area contributed by atoms with Gasteiger partial charge >= 0.3 is 5.97 Å². The quantitative estimate of drug-likeness (QED) is 0.621. The summed E-state index contributed by atoms with van der Waals surface area (Å²) in [6.07, 6.45) is 0.624. The Hall–Kier alpha value is -2.93. The average molecular weight is 415 g/mol. The number of halogens is 1. The number of benzene rings is 1. The zero-order valence-electron chi connectivity index (χ0n) is 16.9. The summed E-state index contributed by atoms with van der Waals surface area (Å²) in [5, 5.41) is 7.73. The molecule has 1 aromatic carbocycles. The highest BCUT2D eigenvalue weighted by Gasteiger charge is 2.14. The third kappa shape index (κ3) is 4.92. The summed E-state index contributed by atoms with van der Waals surface area (Å²) in [7, 11) is 0. The monoisotopic (exact) mass is 414 g/mol. The van der Waals surface area contributed by atoms with Crippen molar-refractivity contribution in [1.82, 2.24) is 14.6 Å². The van der Waals surface area contributed by atoms with Crippen LogP contribution in [0.1, 0.15) is 34.6 Å². The minimum atomic E-state index is -0.441. The first kappa shape index (κ1) is 20.8. The summed E-state index contributed by atoms with van der Waals surface area (Å²) in [6, 6.07) is 7.06. The van der Waals surface area contributed by atoms with Crippen molar-refractivity contribution in [3.8, 4) is 0 Å². The van der Waals surface area contributed by atoms with Crippen LogP contribution in [0.3, 0.4) is 0 Å². The predicted octanol–water partition coefficient (Wildman–Crippen LogP) is 3.73. The fourth-order valence-corrected chi connectivity index (χ4v) is 3.43. The standard InChI is InChI=1S/C21H23ClN4O3/c1-12-9-16(22)5-7-18(12)24-20(27)11-29-21(28)8-6-17-14(3)23-19-10-13(2)25-26(19)15(17)4/h5,7,9-10H,6,8,11H2,1-4H3,(H,24,27). The third-order valence-electron chi connectivity index (χ3n) is 4.69. The molecular formula is C21H23ClN4O3. The van der Waals surface area contributed by atoms with Crippen LogP contribution >= 0.6 is 11.6 Å². The van der Waals surface area contributed by atoms with Crippen molar-refractivity contribution in [2.75, 3.05) is 11.9 Å². The number of anilines is 1. The molecule has 3 aromatic rings. The number of esters is 1. The van der Waals surface area contributed by atoms with E-state index in [-0.39, 0.29) is 13.0 Å². The van der Waals surface area contributed by atoms with Crippen molar-refractivity contribution in [1.29, 1.82) is 0 Å². The van der Waals surface area contributed by atoms with Gasteiger partial charge in [0.1, 0.15) is 0 Å². The molecule has 0 bridgehead atoms. The van der Waals surface area contributed by atoms with E-state index in [0.717, 1.165) is 33.9 Å². The van der Waals surface area contributed by atoms with E-state index in [1.807, 2.05) is 33.8 Å². The number of aromatic nitrogens is 3. The van der Waals surface area contributed by atoms with Gasteiger partial charge in [0.25, 0.3) is 5.91 Å². The van der Waals surface area contributed by atoms with Gasteiger partial charge in [0.15, 0.2) is 12.3 Å². The number of ether oxygens (including phenoxy) is 1. The Balaban J connectivity index is 1.55. The lowest BCUT2D eigenvalue weighted by molar-refractivity contribution is -0.147. The van der Waals surface area contributed by atoms with Crippen molar-refractivity contribution in [3.63, 3.8) is 0 Å². The molecule has 1 amide bonds. The van der Waals surface area contributed by atoms with Crippen LogP contribution in [0.4, 0.5) is 5.69 Å². The first-order valence-electron chi connectivity index (χ1n) is 9.28. The van der Waals surface area contributed by atoms with E-state index in [9.17, 15) is 9.59 Å². The zero-order valence-corrected chi connectivity index (χ0v) is 17.6. The number of amides is 1. The molecule has 2 aromatic heterocycles. The third-order valence-corrected chi connectivity index (χ3v) is 4.93. The van der Waals surface area contributed by atoms with Gasteiger partial charge in [0.2, 0.25) is 0 Å². The highest BCUT2D eigenvalue weighted by atomic mass is 35.5. The maximum Gasteiger partial charge on any atom is 0.306 e. The van der Waals surface area contributed by atoms with Gasteiger partial charge in [-0.2, -0.15) is 5.10 Å². The molecule has 0 atom stereocenters. The van der Waals surface area contributed by atoms with E-state index < -0.39 is 11.9 Å². The first-order chi connectivity index (χ1) is 13.7. The number of carbonyl (C=O) groups is 2. The molecule has 3 rings (SSSR count). The van der Waals surface area contributed by atoms with Gasteiger partial charge in [-0.3, -0.25) is 9.59 Å². The minimum absolute atomic E-state index is 0.155. The van der Waals surface area contributed by atoms with Crippen molar-refractivity contribution in [2.45, 2.75) is 40.5 Å². The fourth-order valence-electron chi connectivity index (χ4n) is 3.20. The van der Waals surface area contributed by atoms with Crippen LogP contribution in [-0.2, 0) is 20.7 Å². The lowest BCUT2D eigenvalue weighted by atomic mass is 10.1. The molecule has 0 fully saturated rings. The van der Waals surface area contributed by atoms with Crippen LogP contribution in [0.2, 0.25) is 5.02 Å². The largest absolute Gasteiger partial charge is 0.456 e. The number of nitrogens with one attached hydrogen (secondary N) is 1. The van der Waals surface area contributed by atoms with E-state index in [1.165, 1.54) is 0 Å². The number of hydrogen-bond donors (Lipinski definition) is 1. The Morgan fingerprint density at radius 2 is 1.93 bits per heavy atom. The van der Waals surface area contributed by atoms with Crippen LogP contribution in [0.5, 0.6) is 0 Å². The van der Waals surface area contributed by atoms with Crippen molar-refractivity contribution in [3.05, 3.63) is 57.5 Å². The SMILES string of the molecule is Cc1cc2nc(C)c(CCC(=O)OCC(=O)Nc3ccc(Cl)cc3C)c(C)n2n1. The maximum absolute atomic E-state index is 12.1. The molecule has 1 N–H and O–H groups in total. The first-order valence-corrected chi connectivity index (χ1v) is 9.66. The second-order valence-electron chi connectivity index (χ2n) is 6.99. The molecule has 8 heteroatoms. The number of nitrogens with zero attached hydrogens (tertiary/aromatic N) is 3. The lowest BCUT2D eigenvalue weighted by Gasteiger charge is -2.11. The minimum Gasteiger partial charge on any atom is -0.456 e. The highest BCUT2D eigenvalue weighted by molar-refractivity contribution is 6.30. The molecular weight excluding hydrogens is 392 g/mol. The molecule has 0 spiro atoms. The Bertz CT molecular complexity index is 1090. The number of carbonyl (C=O) groups excluding carboxylic acids is 2. The Morgan fingerprint density at radius 3 is 2.66 bits per heavy atom. The topological polar surface area (TPSA) is 85.6 Å². The van der Waals surface area contributed by atoms with Gasteiger partial charge < -0.3 is 10.1 Å². The van der Waals surface area contributed by atoms with Crippen molar-refractivity contribution >= 4 is 34.8 Å². The van der Waals surface area contributed by atoms with Gasteiger partial charge in [0, 0.05) is 34.6 Å². The molecule has 0 aliphatic heterocycles. The van der Waals surface area contributed by atoms with Crippen LogP contribution in [0, 0.1) is 27.7 Å². The predicted molar refractivity (Wildman–Crippen MR) is 111 cm³/mol. The number of fused-ring (bicyclic) bond motifs is 1. The molecule has 0 unspecified atom stereocenters. The molecule has 0 saturated carbocycles. The summed E-state index contributed by atoms with van der Waals surface area (Å²) in [4.78, 5) is 28.7. The van der Waals surface area contributed by atoms with Gasteiger partial charge in [-0.05, 0) is 63.4 Å². The van der Waals surface area contributed by atoms with Gasteiger partial charge in [-0.1, -0.05) is 11.6 Å². The number of aryl methyl sites for hydroxylation is 4. The smallest absolute Gasteiger partial charge is 0.306 e. The summed E-state index contributed by atoms with van der Waals surface area (Å²) < 4.78 is 6.90. The summed E-state index contributed by atoms with van der Waals surface area (Å²) in [6.45, 7) is 7.28. The molecule has 29 heavy (non-hydrogen) atoms. The number of rotatable bonds is 6. The van der Waals surface area contributed by atoms with E-state index in [1.54, 1.807) is 22.7 Å². The van der Waals surface area contributed by atoms with Crippen molar-refractivity contribution < 1.29 is 14.3 Å². The zero-order chi connectivity index (χ0) is 21.1. The van der Waals surface area contributed by atoms with Crippen LogP contribution in [0.25, 0.3) is 5.65 Å². The molecule has 2 heterocycles. The lowest BCUT2D eigenvalue weighted by Crippen LogP contribution is -2.21. The van der Waals surface area contributed by atoms with E-state index in [0.29, 0.717) is 17.1 Å². The fraction of sp³-hybridized carbons (Fsp3) is 0.333. The molecule has 0 aliphatic carbocycles. The second-order valence-corrected chi connectivity index (χ2v) is 7.42. The average Bonchev–Trinajstić information content (AvgIpc) is 3.02. The Kier molecular flexibility index (Phi) is 6.17. The van der Waals surface area contributed by atoms with Gasteiger partial charge in [0.05, 0.1) is 5.69 Å². The van der Waals surface area contributed by atoms with Gasteiger partial charge in [-0.25, -0.2) is 9.50 Å². The Labute approximate surface area is 174 Å². The maximum atomic E-state index is 12.1.